The zero-order valence-corrected chi connectivity index (χ0v) is 3.99. The summed E-state index contributed by atoms with van der Waals surface area (Å²) in [4.78, 5) is 0. The minimum atomic E-state index is 0.774. The summed E-state index contributed by atoms with van der Waals surface area (Å²) >= 11 is 0. The topological polar surface area (TPSA) is 0 Å². The third kappa shape index (κ3) is 3.56. The summed E-state index contributed by atoms with van der Waals surface area (Å²) < 4.78 is 0. The van der Waals surface area contributed by atoms with E-state index in [4.69, 9.17) is 6.42 Å². The molecular weight excluding hydrogens is 72.1 g/mol. The van der Waals surface area contributed by atoms with Crippen molar-refractivity contribution in [3.05, 3.63) is 12.8 Å². The highest BCUT2D eigenvalue weighted by atomic mass is 13.8. The van der Waals surface area contributed by atoms with Gasteiger partial charge in [0.05, 0.1) is 0 Å². The standard InChI is InChI=1S/C6H8/c1-3-5-6-4-2/h3H,5-6H2,1H3. The van der Waals surface area contributed by atoms with Crippen LogP contribution < -0.4 is 0 Å². The quantitative estimate of drug-likeness (QED) is 0.349. The van der Waals surface area contributed by atoms with Crippen LogP contribution in [0, 0.1) is 18.8 Å². The van der Waals surface area contributed by atoms with E-state index < -0.39 is 0 Å². The SMILES string of the molecule is [C]#CCC[CH]C. The summed E-state index contributed by atoms with van der Waals surface area (Å²) in [7, 11) is 0. The Morgan fingerprint density at radius 3 is 2.67 bits per heavy atom. The molecule has 0 heteroatoms. The second kappa shape index (κ2) is 4.56. The van der Waals surface area contributed by atoms with Crippen molar-refractivity contribution in [1.29, 1.82) is 0 Å². The molecule has 0 aromatic heterocycles. The average molecular weight is 80.1 g/mol. The molecule has 0 N–H and O–H groups in total. The molecular formula is C6H8. The van der Waals surface area contributed by atoms with E-state index in [1.165, 1.54) is 0 Å². The maximum atomic E-state index is 6.44. The van der Waals surface area contributed by atoms with Gasteiger partial charge in [-0.15, -0.1) is 0 Å². The molecule has 6 heavy (non-hydrogen) atoms. The van der Waals surface area contributed by atoms with E-state index in [-0.39, 0.29) is 0 Å². The van der Waals surface area contributed by atoms with Crippen LogP contribution in [0.15, 0.2) is 0 Å². The second-order valence-electron chi connectivity index (χ2n) is 1.12. The van der Waals surface area contributed by atoms with E-state index >= 15 is 0 Å². The molecule has 2 radical (unpaired) electrons. The Morgan fingerprint density at radius 2 is 2.50 bits per heavy atom. The number of rotatable bonds is 2. The first kappa shape index (κ1) is 5.56. The van der Waals surface area contributed by atoms with Crippen LogP contribution in [0.1, 0.15) is 19.8 Å². The van der Waals surface area contributed by atoms with Gasteiger partial charge in [0.15, 0.2) is 0 Å². The van der Waals surface area contributed by atoms with Gasteiger partial charge in [0.1, 0.15) is 0 Å². The van der Waals surface area contributed by atoms with Gasteiger partial charge in [-0.25, -0.2) is 0 Å². The lowest BCUT2D eigenvalue weighted by Gasteiger charge is -1.78. The van der Waals surface area contributed by atoms with Crippen molar-refractivity contribution in [3.63, 3.8) is 0 Å². The van der Waals surface area contributed by atoms with Gasteiger partial charge in [-0.05, 0) is 19.3 Å². The van der Waals surface area contributed by atoms with E-state index in [9.17, 15) is 0 Å². The Balaban J connectivity index is 2.54. The Hall–Kier alpha value is -0.440. The predicted octanol–water partition coefficient (Wildman–Crippen LogP) is 1.58. The van der Waals surface area contributed by atoms with Gasteiger partial charge in [-0.2, -0.15) is 0 Å². The lowest BCUT2D eigenvalue weighted by Crippen LogP contribution is -1.64. The molecule has 0 saturated heterocycles. The first-order valence-corrected chi connectivity index (χ1v) is 2.09. The van der Waals surface area contributed by atoms with Crippen molar-refractivity contribution < 1.29 is 0 Å². The van der Waals surface area contributed by atoms with Crippen LogP contribution in [-0.2, 0) is 0 Å². The molecule has 0 unspecified atom stereocenters. The highest BCUT2D eigenvalue weighted by Gasteiger charge is 1.72. The van der Waals surface area contributed by atoms with Gasteiger partial charge >= 0.3 is 0 Å². The van der Waals surface area contributed by atoms with Gasteiger partial charge in [0.2, 0.25) is 0 Å². The summed E-state index contributed by atoms with van der Waals surface area (Å²) in [5, 5.41) is 0. The average Bonchev–Trinajstić information content (AvgIpc) is 1.61. The zero-order chi connectivity index (χ0) is 4.83. The highest BCUT2D eigenvalue weighted by molar-refractivity contribution is 4.77. The first-order valence-electron chi connectivity index (χ1n) is 2.09. The molecule has 0 aliphatic rings. The number of hydrogen-bond acceptors (Lipinski definition) is 0. The zero-order valence-electron chi connectivity index (χ0n) is 3.99. The minimum Gasteiger partial charge on any atom is -0.0891 e. The summed E-state index contributed by atoms with van der Waals surface area (Å²) in [6.07, 6.45) is 10.2. The van der Waals surface area contributed by atoms with E-state index in [0.717, 1.165) is 12.8 Å². The molecule has 0 aliphatic carbocycles. The Bertz CT molecular complexity index is 47.5. The molecule has 0 aromatic rings. The normalized spacial score (nSPS) is 7.33. The Labute approximate surface area is 39.6 Å². The van der Waals surface area contributed by atoms with Crippen molar-refractivity contribution >= 4 is 0 Å². The Morgan fingerprint density at radius 1 is 1.83 bits per heavy atom. The molecule has 0 aliphatic heterocycles. The maximum Gasteiger partial charge on any atom is 0.0102 e. The van der Waals surface area contributed by atoms with Crippen molar-refractivity contribution in [2.75, 3.05) is 0 Å². The van der Waals surface area contributed by atoms with Gasteiger partial charge < -0.3 is 0 Å². The lowest BCUT2D eigenvalue weighted by molar-refractivity contribution is 0.997. The molecule has 32 valence electrons. The first-order chi connectivity index (χ1) is 2.91. The van der Waals surface area contributed by atoms with Crippen LogP contribution >= 0.6 is 0 Å². The summed E-state index contributed by atoms with van der Waals surface area (Å²) in [6.45, 7) is 1.98. The van der Waals surface area contributed by atoms with E-state index in [2.05, 4.69) is 5.92 Å². The van der Waals surface area contributed by atoms with Crippen molar-refractivity contribution in [2.45, 2.75) is 19.8 Å². The van der Waals surface area contributed by atoms with Crippen molar-refractivity contribution in [1.82, 2.24) is 0 Å². The highest BCUT2D eigenvalue weighted by Crippen LogP contribution is 1.87. The molecule has 0 amide bonds. The molecule has 0 aromatic carbocycles. The fraction of sp³-hybridized carbons (Fsp3) is 0.500. The van der Waals surface area contributed by atoms with E-state index in [1.54, 1.807) is 0 Å². The summed E-state index contributed by atoms with van der Waals surface area (Å²) in [5.74, 6) is 2.29. The second-order valence-corrected chi connectivity index (χ2v) is 1.12. The molecule has 0 nitrogen and oxygen atoms in total. The van der Waals surface area contributed by atoms with Crippen LogP contribution in [-0.4, -0.2) is 0 Å². The van der Waals surface area contributed by atoms with Crippen LogP contribution in [0.5, 0.6) is 0 Å². The molecule has 0 fully saturated rings. The summed E-state index contributed by atoms with van der Waals surface area (Å²) in [6, 6.07) is 0. The molecule has 0 atom stereocenters. The monoisotopic (exact) mass is 80.1 g/mol. The van der Waals surface area contributed by atoms with E-state index in [0.29, 0.717) is 0 Å². The van der Waals surface area contributed by atoms with Crippen LogP contribution in [0.3, 0.4) is 0 Å². The van der Waals surface area contributed by atoms with Gasteiger partial charge in [0.25, 0.3) is 0 Å². The summed E-state index contributed by atoms with van der Waals surface area (Å²) in [5.41, 5.74) is 0. The van der Waals surface area contributed by atoms with Crippen molar-refractivity contribution in [3.8, 4) is 5.92 Å². The van der Waals surface area contributed by atoms with Gasteiger partial charge in [-0.1, -0.05) is 12.8 Å². The fourth-order valence-electron chi connectivity index (χ4n) is 0.217. The largest absolute Gasteiger partial charge is 0.0891 e. The molecule has 0 saturated carbocycles. The smallest absolute Gasteiger partial charge is 0.0102 e. The third-order valence-electron chi connectivity index (χ3n) is 0.558. The third-order valence-corrected chi connectivity index (χ3v) is 0.558. The van der Waals surface area contributed by atoms with E-state index in [1.807, 2.05) is 13.3 Å². The lowest BCUT2D eigenvalue weighted by atomic mass is 10.3. The van der Waals surface area contributed by atoms with Crippen molar-refractivity contribution in [2.24, 2.45) is 0 Å². The maximum absolute atomic E-state index is 6.44. The number of unbranched alkanes of at least 4 members (excludes halogenated alkanes) is 2. The number of hydrogen-bond donors (Lipinski definition) is 0. The molecule has 0 heterocycles. The molecule has 0 rings (SSSR count). The van der Waals surface area contributed by atoms with Crippen LogP contribution in [0.2, 0.25) is 0 Å². The van der Waals surface area contributed by atoms with Gasteiger partial charge in [0, 0.05) is 6.42 Å². The minimum absolute atomic E-state index is 0.774. The predicted molar refractivity (Wildman–Crippen MR) is 26.3 cm³/mol. The molecule has 0 spiro atoms. The fourth-order valence-corrected chi connectivity index (χ4v) is 0.217. The van der Waals surface area contributed by atoms with Crippen LogP contribution in [0.25, 0.3) is 0 Å². The molecule has 0 bridgehead atoms. The van der Waals surface area contributed by atoms with Gasteiger partial charge in [-0.3, -0.25) is 0 Å². The van der Waals surface area contributed by atoms with Crippen LogP contribution in [0.4, 0.5) is 0 Å². The Kier molecular flexibility index (Phi) is 4.23.